The molecule has 1 N–H and O–H groups in total. The molecule has 1 heterocycles. The van der Waals surface area contributed by atoms with Gasteiger partial charge in [0.15, 0.2) is 0 Å². The predicted octanol–water partition coefficient (Wildman–Crippen LogP) is 3.64. The minimum atomic E-state index is -0.861. The van der Waals surface area contributed by atoms with E-state index >= 15 is 0 Å². The first-order valence-corrected chi connectivity index (χ1v) is 8.83. The van der Waals surface area contributed by atoms with Crippen molar-refractivity contribution in [1.82, 2.24) is 4.90 Å². The van der Waals surface area contributed by atoms with Gasteiger partial charge >= 0.3 is 5.97 Å². The Morgan fingerprint density at radius 1 is 1.21 bits per heavy atom. The van der Waals surface area contributed by atoms with Crippen LogP contribution in [0.4, 0.5) is 0 Å². The summed E-state index contributed by atoms with van der Waals surface area (Å²) in [5.41, 5.74) is 2.26. The van der Waals surface area contributed by atoms with Crippen LogP contribution < -0.4 is 0 Å². The third-order valence-electron chi connectivity index (χ3n) is 5.34. The number of carbonyl (C=O) groups is 2. The number of carboxylic acids is 1. The lowest BCUT2D eigenvalue weighted by atomic mass is 9.84. The van der Waals surface area contributed by atoms with E-state index < -0.39 is 12.0 Å². The zero-order valence-electron chi connectivity index (χ0n) is 14.1. The summed E-state index contributed by atoms with van der Waals surface area (Å²) in [5.74, 6) is -0.551. The minimum absolute atomic E-state index is 0.0554. The van der Waals surface area contributed by atoms with Crippen LogP contribution in [0.3, 0.4) is 0 Å². The van der Waals surface area contributed by atoms with Crippen molar-refractivity contribution in [3.8, 4) is 0 Å². The lowest BCUT2D eigenvalue weighted by Gasteiger charge is -2.32. The van der Waals surface area contributed by atoms with Gasteiger partial charge in [-0.25, -0.2) is 4.79 Å². The fourth-order valence-corrected chi connectivity index (χ4v) is 4.12. The van der Waals surface area contributed by atoms with E-state index in [-0.39, 0.29) is 18.4 Å². The van der Waals surface area contributed by atoms with Gasteiger partial charge in [-0.15, -0.1) is 0 Å². The third kappa shape index (κ3) is 3.53. The molecule has 0 spiro atoms. The fourth-order valence-electron chi connectivity index (χ4n) is 4.12. The number of benzene rings is 1. The summed E-state index contributed by atoms with van der Waals surface area (Å²) in [7, 11) is 0. The fraction of sp³-hybridized carbons (Fsp3) is 0.500. The second-order valence-corrected chi connectivity index (χ2v) is 7.02. The Hall–Kier alpha value is -2.10. The number of hydrogen-bond donors (Lipinski definition) is 1. The summed E-state index contributed by atoms with van der Waals surface area (Å²) < 4.78 is 0. The van der Waals surface area contributed by atoms with E-state index in [1.165, 1.54) is 5.56 Å². The van der Waals surface area contributed by atoms with Gasteiger partial charge < -0.3 is 10.0 Å². The van der Waals surface area contributed by atoms with Crippen molar-refractivity contribution >= 4 is 18.0 Å². The largest absolute Gasteiger partial charge is 0.480 e. The molecule has 4 nitrogen and oxygen atoms in total. The van der Waals surface area contributed by atoms with Gasteiger partial charge in [-0.05, 0) is 37.7 Å². The molecule has 2 aliphatic rings. The number of carbonyl (C=O) groups excluding carboxylic acids is 1. The van der Waals surface area contributed by atoms with Gasteiger partial charge in [0.1, 0.15) is 6.04 Å². The van der Waals surface area contributed by atoms with Crippen LogP contribution in [0.15, 0.2) is 30.3 Å². The summed E-state index contributed by atoms with van der Waals surface area (Å²) in [5, 5.41) is 9.50. The van der Waals surface area contributed by atoms with Crippen LogP contribution >= 0.6 is 0 Å². The van der Waals surface area contributed by atoms with Crippen molar-refractivity contribution < 1.29 is 14.7 Å². The van der Waals surface area contributed by atoms with Crippen molar-refractivity contribution in [3.05, 3.63) is 41.5 Å². The first kappa shape index (κ1) is 16.7. The quantitative estimate of drug-likeness (QED) is 0.918. The molecule has 1 amide bonds. The average Bonchev–Trinajstić information content (AvgIpc) is 2.96. The maximum absolute atomic E-state index is 12.7. The Morgan fingerprint density at radius 3 is 2.62 bits per heavy atom. The molecule has 24 heavy (non-hydrogen) atoms. The molecule has 1 aliphatic carbocycles. The molecule has 1 aliphatic heterocycles. The van der Waals surface area contributed by atoms with Crippen LogP contribution in [0.1, 0.15) is 49.7 Å². The number of aryl methyl sites for hydroxylation is 1. The highest BCUT2D eigenvalue weighted by Gasteiger charge is 2.46. The van der Waals surface area contributed by atoms with E-state index in [0.29, 0.717) is 12.3 Å². The molecule has 1 aromatic rings. The van der Waals surface area contributed by atoms with Crippen molar-refractivity contribution in [3.63, 3.8) is 0 Å². The summed E-state index contributed by atoms with van der Waals surface area (Å²) in [6.45, 7) is 2.04. The molecule has 3 atom stereocenters. The molecular formula is C20H25NO3. The topological polar surface area (TPSA) is 57.6 Å². The first-order valence-electron chi connectivity index (χ1n) is 8.83. The Bertz CT molecular complexity index is 635. The molecule has 0 aromatic heterocycles. The SMILES string of the molecule is Cc1ccc(/C=C/CC(=O)N2C(C(=O)O)CC3CCCCC32)cc1. The maximum Gasteiger partial charge on any atom is 0.326 e. The van der Waals surface area contributed by atoms with Crippen molar-refractivity contribution in [2.75, 3.05) is 0 Å². The normalized spacial score (nSPS) is 26.5. The third-order valence-corrected chi connectivity index (χ3v) is 5.34. The van der Waals surface area contributed by atoms with E-state index in [2.05, 4.69) is 0 Å². The van der Waals surface area contributed by atoms with E-state index in [4.69, 9.17) is 0 Å². The standard InChI is InChI=1S/C20H25NO3/c1-14-9-11-15(12-10-14)5-4-8-19(22)21-17-7-3-2-6-16(17)13-18(21)20(23)24/h4-5,9-12,16-18H,2-3,6-8,13H2,1H3,(H,23,24)/b5-4+. The van der Waals surface area contributed by atoms with Gasteiger partial charge in [0.2, 0.25) is 5.91 Å². The molecule has 3 unspecified atom stereocenters. The van der Waals surface area contributed by atoms with E-state index in [1.54, 1.807) is 4.90 Å². The zero-order valence-corrected chi connectivity index (χ0v) is 14.1. The van der Waals surface area contributed by atoms with Gasteiger partial charge in [0.05, 0.1) is 0 Å². The van der Waals surface area contributed by atoms with Crippen LogP contribution in [0.2, 0.25) is 0 Å². The smallest absolute Gasteiger partial charge is 0.326 e. The number of aliphatic carboxylic acids is 1. The number of likely N-dealkylation sites (tertiary alicyclic amines) is 1. The zero-order chi connectivity index (χ0) is 17.1. The van der Waals surface area contributed by atoms with Crippen LogP contribution in [-0.4, -0.2) is 34.0 Å². The summed E-state index contributed by atoms with van der Waals surface area (Å²) in [4.78, 5) is 25.9. The molecule has 1 saturated heterocycles. The molecule has 0 bridgehead atoms. The second kappa shape index (κ2) is 7.20. The van der Waals surface area contributed by atoms with Crippen LogP contribution in [0.25, 0.3) is 6.08 Å². The highest BCUT2D eigenvalue weighted by Crippen LogP contribution is 2.40. The lowest BCUT2D eigenvalue weighted by molar-refractivity contribution is -0.149. The highest BCUT2D eigenvalue weighted by molar-refractivity contribution is 5.86. The first-order chi connectivity index (χ1) is 11.6. The van der Waals surface area contributed by atoms with Gasteiger partial charge in [0.25, 0.3) is 0 Å². The summed E-state index contributed by atoms with van der Waals surface area (Å²) in [6, 6.07) is 7.59. The Balaban J connectivity index is 1.67. The number of amides is 1. The van der Waals surface area contributed by atoms with Crippen molar-refractivity contribution in [1.29, 1.82) is 0 Å². The van der Waals surface area contributed by atoms with Crippen LogP contribution in [0.5, 0.6) is 0 Å². The number of hydrogen-bond acceptors (Lipinski definition) is 2. The van der Waals surface area contributed by atoms with Crippen molar-refractivity contribution in [2.45, 2.75) is 57.5 Å². The number of fused-ring (bicyclic) bond motifs is 1. The molecule has 4 heteroatoms. The Morgan fingerprint density at radius 2 is 1.92 bits per heavy atom. The highest BCUT2D eigenvalue weighted by atomic mass is 16.4. The molecular weight excluding hydrogens is 302 g/mol. The number of nitrogens with zero attached hydrogens (tertiary/aromatic N) is 1. The lowest BCUT2D eigenvalue weighted by Crippen LogP contribution is -2.46. The van der Waals surface area contributed by atoms with E-state index in [1.807, 2.05) is 43.3 Å². The average molecular weight is 327 g/mol. The molecule has 0 radical (unpaired) electrons. The summed E-state index contributed by atoms with van der Waals surface area (Å²) >= 11 is 0. The number of carboxylic acid groups (broad SMARTS) is 1. The molecule has 1 aromatic carbocycles. The Labute approximate surface area is 143 Å². The molecule has 128 valence electrons. The van der Waals surface area contributed by atoms with Crippen LogP contribution in [0, 0.1) is 12.8 Å². The van der Waals surface area contributed by atoms with Crippen molar-refractivity contribution in [2.24, 2.45) is 5.92 Å². The molecule has 1 saturated carbocycles. The maximum atomic E-state index is 12.7. The molecule has 3 rings (SSSR count). The van der Waals surface area contributed by atoms with Gasteiger partial charge in [-0.2, -0.15) is 0 Å². The van der Waals surface area contributed by atoms with Crippen LogP contribution in [-0.2, 0) is 9.59 Å². The van der Waals surface area contributed by atoms with E-state index in [9.17, 15) is 14.7 Å². The van der Waals surface area contributed by atoms with E-state index in [0.717, 1.165) is 31.2 Å². The van der Waals surface area contributed by atoms with Gasteiger partial charge in [0, 0.05) is 12.5 Å². The monoisotopic (exact) mass is 327 g/mol. The predicted molar refractivity (Wildman–Crippen MR) is 93.5 cm³/mol. The number of rotatable bonds is 4. The van der Waals surface area contributed by atoms with Gasteiger partial charge in [-0.1, -0.05) is 54.8 Å². The Kier molecular flexibility index (Phi) is 5.03. The summed E-state index contributed by atoms with van der Waals surface area (Å²) in [6.07, 6.45) is 8.91. The van der Waals surface area contributed by atoms with Gasteiger partial charge in [-0.3, -0.25) is 4.79 Å². The minimum Gasteiger partial charge on any atom is -0.480 e. The second-order valence-electron chi connectivity index (χ2n) is 7.02. The molecule has 2 fully saturated rings.